The molecule has 2 rings (SSSR count). The van der Waals surface area contributed by atoms with Gasteiger partial charge in [0.05, 0.1) is 0 Å². The summed E-state index contributed by atoms with van der Waals surface area (Å²) in [5.41, 5.74) is 2.83. The van der Waals surface area contributed by atoms with E-state index in [4.69, 9.17) is 0 Å². The van der Waals surface area contributed by atoms with Crippen LogP contribution in [-0.4, -0.2) is 0 Å². The Morgan fingerprint density at radius 2 is 0.636 bits per heavy atom. The summed E-state index contributed by atoms with van der Waals surface area (Å²) < 4.78 is 0. The molecular formula is C22H38. The Kier molecular flexibility index (Phi) is 28.2. The van der Waals surface area contributed by atoms with Crippen LogP contribution in [0.4, 0.5) is 0 Å². The molecule has 0 heterocycles. The fraction of sp³-hybridized carbons (Fsp3) is 0.455. The van der Waals surface area contributed by atoms with Gasteiger partial charge in [-0.15, -0.1) is 0 Å². The lowest BCUT2D eigenvalue weighted by Crippen LogP contribution is -1.89. The molecule has 0 unspecified atom stereocenters. The first-order chi connectivity index (χ1) is 10.9. The van der Waals surface area contributed by atoms with Crippen LogP contribution in [0.1, 0.15) is 66.5 Å². The van der Waals surface area contributed by atoms with E-state index in [1.54, 1.807) is 0 Å². The first-order valence-corrected chi connectivity index (χ1v) is 9.03. The van der Waals surface area contributed by atoms with E-state index in [2.05, 4.69) is 60.7 Å². The summed E-state index contributed by atoms with van der Waals surface area (Å²) >= 11 is 0. The van der Waals surface area contributed by atoms with Crippen molar-refractivity contribution >= 4 is 0 Å². The maximum absolute atomic E-state index is 2.18. The standard InChI is InChI=1S/C14H14.4C2H6/c1-3-7-13(8-4-1)11-12-14-9-5-2-6-10-14;4*1-2/h1-10H,11-12H2;4*1-2H3. The number of aryl methyl sites for hydroxylation is 2. The monoisotopic (exact) mass is 302 g/mol. The average molecular weight is 303 g/mol. The summed E-state index contributed by atoms with van der Waals surface area (Å²) in [6.45, 7) is 16.0. The van der Waals surface area contributed by atoms with Gasteiger partial charge in [-0.1, -0.05) is 116 Å². The van der Waals surface area contributed by atoms with Gasteiger partial charge < -0.3 is 0 Å². The van der Waals surface area contributed by atoms with Crippen molar-refractivity contribution in [2.24, 2.45) is 0 Å². The minimum Gasteiger partial charge on any atom is -0.0683 e. The van der Waals surface area contributed by atoms with E-state index in [-0.39, 0.29) is 0 Å². The van der Waals surface area contributed by atoms with Gasteiger partial charge >= 0.3 is 0 Å². The van der Waals surface area contributed by atoms with Crippen molar-refractivity contribution in [3.8, 4) is 0 Å². The number of rotatable bonds is 3. The molecule has 0 saturated carbocycles. The summed E-state index contributed by atoms with van der Waals surface area (Å²) in [6.07, 6.45) is 2.26. The fourth-order valence-corrected chi connectivity index (χ4v) is 1.58. The van der Waals surface area contributed by atoms with Gasteiger partial charge in [0.25, 0.3) is 0 Å². The maximum atomic E-state index is 2.18. The first kappa shape index (κ1) is 25.4. The smallest absolute Gasteiger partial charge is 0.0238 e. The van der Waals surface area contributed by atoms with Crippen molar-refractivity contribution in [1.82, 2.24) is 0 Å². The summed E-state index contributed by atoms with van der Waals surface area (Å²) in [6, 6.07) is 21.2. The van der Waals surface area contributed by atoms with Crippen LogP contribution in [0.3, 0.4) is 0 Å². The number of benzene rings is 2. The summed E-state index contributed by atoms with van der Waals surface area (Å²) in [5, 5.41) is 0. The zero-order valence-electron chi connectivity index (χ0n) is 16.2. The molecule has 0 radical (unpaired) electrons. The predicted molar refractivity (Wildman–Crippen MR) is 106 cm³/mol. The molecule has 126 valence electrons. The average Bonchev–Trinajstić information content (AvgIpc) is 2.68. The van der Waals surface area contributed by atoms with Crippen molar-refractivity contribution in [2.45, 2.75) is 68.2 Å². The maximum Gasteiger partial charge on any atom is -0.0238 e. The molecule has 0 amide bonds. The zero-order valence-corrected chi connectivity index (χ0v) is 16.2. The molecule has 0 aliphatic rings. The third-order valence-electron chi connectivity index (χ3n) is 2.39. The first-order valence-electron chi connectivity index (χ1n) is 9.03. The minimum atomic E-state index is 1.13. The van der Waals surface area contributed by atoms with Gasteiger partial charge in [-0.3, -0.25) is 0 Å². The van der Waals surface area contributed by atoms with Gasteiger partial charge in [-0.2, -0.15) is 0 Å². The van der Waals surface area contributed by atoms with Gasteiger partial charge in [0.1, 0.15) is 0 Å². The van der Waals surface area contributed by atoms with Crippen LogP contribution in [0.15, 0.2) is 60.7 Å². The summed E-state index contributed by atoms with van der Waals surface area (Å²) in [4.78, 5) is 0. The van der Waals surface area contributed by atoms with E-state index in [0.717, 1.165) is 12.8 Å². The van der Waals surface area contributed by atoms with Crippen molar-refractivity contribution in [1.29, 1.82) is 0 Å². The van der Waals surface area contributed by atoms with E-state index in [1.165, 1.54) is 11.1 Å². The number of hydrogen-bond acceptors (Lipinski definition) is 0. The van der Waals surface area contributed by atoms with Gasteiger partial charge in [-0.25, -0.2) is 0 Å². The molecule has 0 aliphatic heterocycles. The molecule has 0 N–H and O–H groups in total. The molecule has 0 fully saturated rings. The Morgan fingerprint density at radius 3 is 0.864 bits per heavy atom. The molecule has 0 saturated heterocycles. The number of hydrogen-bond donors (Lipinski definition) is 0. The molecule has 22 heavy (non-hydrogen) atoms. The SMILES string of the molecule is CC.CC.CC.CC.c1ccc(CCc2ccccc2)cc1. The fourth-order valence-electron chi connectivity index (χ4n) is 1.58. The molecular weight excluding hydrogens is 264 g/mol. The van der Waals surface area contributed by atoms with Crippen molar-refractivity contribution in [3.63, 3.8) is 0 Å². The van der Waals surface area contributed by atoms with E-state index in [1.807, 2.05) is 55.4 Å². The molecule has 0 bridgehead atoms. The molecule has 0 aromatic heterocycles. The van der Waals surface area contributed by atoms with E-state index in [9.17, 15) is 0 Å². The molecule has 0 atom stereocenters. The van der Waals surface area contributed by atoms with Crippen LogP contribution < -0.4 is 0 Å². The molecule has 0 spiro atoms. The van der Waals surface area contributed by atoms with E-state index >= 15 is 0 Å². The van der Waals surface area contributed by atoms with Crippen LogP contribution in [-0.2, 0) is 12.8 Å². The highest BCUT2D eigenvalue weighted by molar-refractivity contribution is 5.19. The highest BCUT2D eigenvalue weighted by atomic mass is 14.0. The Hall–Kier alpha value is -1.56. The Bertz CT molecular complexity index is 322. The second-order valence-electron chi connectivity index (χ2n) is 3.47. The second kappa shape index (κ2) is 24.5. The predicted octanol–water partition coefficient (Wildman–Crippen LogP) is 7.58. The molecule has 2 aromatic carbocycles. The van der Waals surface area contributed by atoms with Crippen LogP contribution >= 0.6 is 0 Å². The van der Waals surface area contributed by atoms with Gasteiger partial charge in [0.2, 0.25) is 0 Å². The highest BCUT2D eigenvalue weighted by Crippen LogP contribution is 2.06. The van der Waals surface area contributed by atoms with E-state index in [0.29, 0.717) is 0 Å². The highest BCUT2D eigenvalue weighted by Gasteiger charge is 1.93. The minimum absolute atomic E-state index is 1.13. The third-order valence-corrected chi connectivity index (χ3v) is 2.39. The quantitative estimate of drug-likeness (QED) is 0.548. The third kappa shape index (κ3) is 14.8. The molecule has 0 aliphatic carbocycles. The van der Waals surface area contributed by atoms with Gasteiger partial charge in [0, 0.05) is 0 Å². The Balaban J connectivity index is -0.000000394. The largest absolute Gasteiger partial charge is 0.0683 e. The van der Waals surface area contributed by atoms with Crippen LogP contribution in [0, 0.1) is 0 Å². The lowest BCUT2D eigenvalue weighted by Gasteiger charge is -2.01. The summed E-state index contributed by atoms with van der Waals surface area (Å²) in [7, 11) is 0. The van der Waals surface area contributed by atoms with Crippen molar-refractivity contribution < 1.29 is 0 Å². The van der Waals surface area contributed by atoms with Gasteiger partial charge in [0.15, 0.2) is 0 Å². The topological polar surface area (TPSA) is 0 Å². The lowest BCUT2D eigenvalue weighted by atomic mass is 10.0. The van der Waals surface area contributed by atoms with Crippen molar-refractivity contribution in [3.05, 3.63) is 71.8 Å². The second-order valence-corrected chi connectivity index (χ2v) is 3.47. The molecule has 2 aromatic rings. The lowest BCUT2D eigenvalue weighted by molar-refractivity contribution is 0.960. The van der Waals surface area contributed by atoms with E-state index < -0.39 is 0 Å². The summed E-state index contributed by atoms with van der Waals surface area (Å²) in [5.74, 6) is 0. The van der Waals surface area contributed by atoms with Gasteiger partial charge in [-0.05, 0) is 24.0 Å². The zero-order chi connectivity index (χ0) is 17.6. The Labute approximate surface area is 140 Å². The van der Waals surface area contributed by atoms with Crippen LogP contribution in [0.5, 0.6) is 0 Å². The van der Waals surface area contributed by atoms with Crippen LogP contribution in [0.25, 0.3) is 0 Å². The van der Waals surface area contributed by atoms with Crippen LogP contribution in [0.2, 0.25) is 0 Å². The normalized spacial score (nSPS) is 7.45. The molecule has 0 nitrogen and oxygen atoms in total. The van der Waals surface area contributed by atoms with Crippen molar-refractivity contribution in [2.75, 3.05) is 0 Å². The molecule has 0 heteroatoms. The Morgan fingerprint density at radius 1 is 0.409 bits per heavy atom.